The fourth-order valence-corrected chi connectivity index (χ4v) is 2.79. The molecule has 0 amide bonds. The summed E-state index contributed by atoms with van der Waals surface area (Å²) in [7, 11) is 1.68. The minimum Gasteiger partial charge on any atom is -0.383 e. The van der Waals surface area contributed by atoms with E-state index >= 15 is 0 Å². The number of hydrogen-bond acceptors (Lipinski definition) is 2. The summed E-state index contributed by atoms with van der Waals surface area (Å²) >= 11 is 5.37. The normalized spacial score (nSPS) is 16.0. The number of piperazine rings is 1. The van der Waals surface area contributed by atoms with Crippen molar-refractivity contribution in [3.05, 3.63) is 35.6 Å². The van der Waals surface area contributed by atoms with Gasteiger partial charge in [-0.2, -0.15) is 0 Å². The van der Waals surface area contributed by atoms with Crippen LogP contribution in [0.15, 0.2) is 24.3 Å². The molecule has 1 fully saturated rings. The van der Waals surface area contributed by atoms with Crippen LogP contribution in [-0.4, -0.2) is 56.5 Å². The number of hydrogen-bond donors (Lipinski definition) is 2. The average molecular weight is 312 g/mol. The molecular weight excluding hydrogens is 289 g/mol. The van der Waals surface area contributed by atoms with Crippen molar-refractivity contribution >= 4 is 17.3 Å². The van der Waals surface area contributed by atoms with Gasteiger partial charge in [0.05, 0.1) is 32.8 Å². The molecule has 0 aromatic heterocycles. The third-order valence-electron chi connectivity index (χ3n) is 3.68. The summed E-state index contributed by atoms with van der Waals surface area (Å²) in [5.41, 5.74) is 1.05. The number of benzene rings is 1. The summed E-state index contributed by atoms with van der Waals surface area (Å²) in [6.45, 7) is 6.17. The summed E-state index contributed by atoms with van der Waals surface area (Å²) in [4.78, 5) is 3.66. The van der Waals surface area contributed by atoms with Crippen molar-refractivity contribution in [3.8, 4) is 0 Å². The minimum absolute atomic E-state index is 0.158. The second kappa shape index (κ2) is 8.26. The maximum Gasteiger partial charge on any atom is 0.169 e. The van der Waals surface area contributed by atoms with Gasteiger partial charge >= 0.3 is 0 Å². The van der Waals surface area contributed by atoms with Crippen LogP contribution in [0.5, 0.6) is 0 Å². The van der Waals surface area contributed by atoms with Gasteiger partial charge in [0, 0.05) is 19.2 Å². The lowest BCUT2D eigenvalue weighted by Crippen LogP contribution is -3.13. The first-order valence-corrected chi connectivity index (χ1v) is 7.69. The quantitative estimate of drug-likeness (QED) is 0.594. The van der Waals surface area contributed by atoms with Crippen LogP contribution in [0.4, 0.5) is 4.39 Å². The zero-order valence-corrected chi connectivity index (χ0v) is 13.2. The van der Waals surface area contributed by atoms with Crippen molar-refractivity contribution in [3.63, 3.8) is 0 Å². The van der Waals surface area contributed by atoms with Gasteiger partial charge in [0.2, 0.25) is 0 Å². The molecule has 1 aliphatic rings. The maximum atomic E-state index is 13.2. The molecule has 0 bridgehead atoms. The molecule has 21 heavy (non-hydrogen) atoms. The van der Waals surface area contributed by atoms with Gasteiger partial charge in [-0.1, -0.05) is 12.1 Å². The van der Waals surface area contributed by atoms with Gasteiger partial charge in [-0.05, 0) is 24.4 Å². The smallest absolute Gasteiger partial charge is 0.169 e. The highest BCUT2D eigenvalue weighted by Crippen LogP contribution is 2.02. The SMILES string of the molecule is COCCNC(=S)N1CC[NH+](Cc2cccc(F)c2)CC1. The van der Waals surface area contributed by atoms with Gasteiger partial charge in [0.25, 0.3) is 0 Å². The van der Waals surface area contributed by atoms with Gasteiger partial charge in [0.15, 0.2) is 5.11 Å². The van der Waals surface area contributed by atoms with E-state index in [1.807, 2.05) is 6.07 Å². The Morgan fingerprint density at radius 2 is 2.19 bits per heavy atom. The number of nitrogens with zero attached hydrogens (tertiary/aromatic N) is 1. The number of halogens is 1. The molecule has 6 heteroatoms. The first-order valence-electron chi connectivity index (χ1n) is 7.29. The molecule has 2 N–H and O–H groups in total. The van der Waals surface area contributed by atoms with E-state index in [2.05, 4.69) is 10.2 Å². The van der Waals surface area contributed by atoms with Crippen LogP contribution in [0.3, 0.4) is 0 Å². The van der Waals surface area contributed by atoms with Gasteiger partial charge in [0.1, 0.15) is 12.4 Å². The van der Waals surface area contributed by atoms with Crippen molar-refractivity contribution in [2.24, 2.45) is 0 Å². The molecule has 2 rings (SSSR count). The lowest BCUT2D eigenvalue weighted by Gasteiger charge is -2.33. The highest BCUT2D eigenvalue weighted by atomic mass is 32.1. The Morgan fingerprint density at radius 3 is 2.86 bits per heavy atom. The lowest BCUT2D eigenvalue weighted by molar-refractivity contribution is -0.917. The van der Waals surface area contributed by atoms with Crippen LogP contribution >= 0.6 is 12.2 Å². The molecule has 1 aliphatic heterocycles. The summed E-state index contributed by atoms with van der Waals surface area (Å²) in [6.07, 6.45) is 0. The molecule has 0 unspecified atom stereocenters. The van der Waals surface area contributed by atoms with Crippen molar-refractivity contribution in [1.82, 2.24) is 10.2 Å². The van der Waals surface area contributed by atoms with E-state index in [0.717, 1.165) is 49.9 Å². The lowest BCUT2D eigenvalue weighted by atomic mass is 10.2. The first-order chi connectivity index (χ1) is 10.2. The largest absolute Gasteiger partial charge is 0.383 e. The number of thiocarbonyl (C=S) groups is 1. The molecule has 4 nitrogen and oxygen atoms in total. The predicted molar refractivity (Wildman–Crippen MR) is 84.9 cm³/mol. The Kier molecular flexibility index (Phi) is 6.35. The number of nitrogens with one attached hydrogen (secondary N) is 2. The van der Waals surface area contributed by atoms with Crippen molar-refractivity contribution in [1.29, 1.82) is 0 Å². The van der Waals surface area contributed by atoms with E-state index in [1.165, 1.54) is 11.0 Å². The van der Waals surface area contributed by atoms with Crippen LogP contribution in [0, 0.1) is 5.82 Å². The molecular formula is C15H23FN3OS+. The third kappa shape index (κ3) is 5.22. The molecule has 0 radical (unpaired) electrons. The van der Waals surface area contributed by atoms with E-state index in [9.17, 15) is 4.39 Å². The van der Waals surface area contributed by atoms with E-state index in [4.69, 9.17) is 17.0 Å². The zero-order chi connectivity index (χ0) is 15.1. The predicted octanol–water partition coefficient (Wildman–Crippen LogP) is 0.0471. The monoisotopic (exact) mass is 312 g/mol. The second-order valence-corrected chi connectivity index (χ2v) is 5.66. The van der Waals surface area contributed by atoms with Crippen LogP contribution < -0.4 is 10.2 Å². The topological polar surface area (TPSA) is 28.9 Å². The Labute approximate surface area is 130 Å². The third-order valence-corrected chi connectivity index (χ3v) is 4.09. The van der Waals surface area contributed by atoms with E-state index in [1.54, 1.807) is 19.2 Å². The molecule has 0 saturated carbocycles. The van der Waals surface area contributed by atoms with Crippen LogP contribution in [0.25, 0.3) is 0 Å². The van der Waals surface area contributed by atoms with Gasteiger partial charge < -0.3 is 19.9 Å². The fraction of sp³-hybridized carbons (Fsp3) is 0.533. The molecule has 0 spiro atoms. The van der Waals surface area contributed by atoms with Gasteiger partial charge in [-0.15, -0.1) is 0 Å². The van der Waals surface area contributed by atoms with E-state index in [0.29, 0.717) is 6.61 Å². The summed E-state index contributed by atoms with van der Waals surface area (Å²) in [5, 5.41) is 4.00. The van der Waals surface area contributed by atoms with Gasteiger partial charge in [-0.25, -0.2) is 4.39 Å². The fourth-order valence-electron chi connectivity index (χ4n) is 2.51. The molecule has 0 atom stereocenters. The Bertz CT molecular complexity index is 464. The summed E-state index contributed by atoms with van der Waals surface area (Å²) in [6, 6.07) is 6.87. The van der Waals surface area contributed by atoms with Gasteiger partial charge in [-0.3, -0.25) is 0 Å². The van der Waals surface area contributed by atoms with Crippen LogP contribution in [-0.2, 0) is 11.3 Å². The Balaban J connectivity index is 1.74. The van der Waals surface area contributed by atoms with Crippen LogP contribution in [0.1, 0.15) is 5.56 Å². The minimum atomic E-state index is -0.158. The standard InChI is InChI=1S/C15H22FN3OS/c1-20-10-5-17-15(21)19-8-6-18(7-9-19)12-13-3-2-4-14(16)11-13/h2-4,11H,5-10,12H2,1H3,(H,17,21)/p+1. The molecule has 1 saturated heterocycles. The second-order valence-electron chi connectivity index (χ2n) is 5.27. The molecule has 0 aliphatic carbocycles. The molecule has 1 heterocycles. The number of rotatable bonds is 5. The zero-order valence-electron chi connectivity index (χ0n) is 12.4. The van der Waals surface area contributed by atoms with Crippen molar-refractivity contribution in [2.45, 2.75) is 6.54 Å². The van der Waals surface area contributed by atoms with Crippen LogP contribution in [0.2, 0.25) is 0 Å². The van der Waals surface area contributed by atoms with E-state index in [-0.39, 0.29) is 5.82 Å². The number of ether oxygens (including phenoxy) is 1. The maximum absolute atomic E-state index is 13.2. The number of methoxy groups -OCH3 is 1. The molecule has 1 aromatic rings. The highest BCUT2D eigenvalue weighted by Gasteiger charge is 2.21. The molecule has 116 valence electrons. The molecule has 1 aromatic carbocycles. The number of quaternary nitrogens is 1. The first kappa shape index (κ1) is 16.1. The van der Waals surface area contributed by atoms with Crippen molar-refractivity contribution < 1.29 is 14.0 Å². The summed E-state index contributed by atoms with van der Waals surface area (Å²) < 4.78 is 18.2. The van der Waals surface area contributed by atoms with E-state index < -0.39 is 0 Å². The highest BCUT2D eigenvalue weighted by molar-refractivity contribution is 7.80. The Hall–Kier alpha value is -1.24. The van der Waals surface area contributed by atoms with Crippen molar-refractivity contribution in [2.75, 3.05) is 46.4 Å². The summed E-state index contributed by atoms with van der Waals surface area (Å²) in [5.74, 6) is -0.158. The Morgan fingerprint density at radius 1 is 1.43 bits per heavy atom. The average Bonchev–Trinajstić information content (AvgIpc) is 2.48.